The molecule has 0 unspecified atom stereocenters. The number of rotatable bonds is 8. The minimum atomic E-state index is -3.62. The number of piperazine rings is 1. The Hall–Kier alpha value is -2.68. The Kier molecular flexibility index (Phi) is 7.71. The lowest BCUT2D eigenvalue weighted by molar-refractivity contribution is -0.132. The van der Waals surface area contributed by atoms with Gasteiger partial charge in [0.05, 0.1) is 4.90 Å². The van der Waals surface area contributed by atoms with Gasteiger partial charge in [-0.1, -0.05) is 24.3 Å². The van der Waals surface area contributed by atoms with Crippen LogP contribution in [0.15, 0.2) is 59.0 Å². The second kappa shape index (κ2) is 10.3. The maximum absolute atomic E-state index is 13.1. The monoisotopic (exact) mass is 457 g/mol. The van der Waals surface area contributed by atoms with Crippen LogP contribution >= 0.6 is 0 Å². The van der Waals surface area contributed by atoms with Gasteiger partial charge in [-0.25, -0.2) is 13.2 Å². The molecule has 0 bridgehead atoms. The third-order valence-electron chi connectivity index (χ3n) is 5.72. The zero-order valence-electron chi connectivity index (χ0n) is 18.9. The van der Waals surface area contributed by atoms with Crippen molar-refractivity contribution in [3.8, 4) is 0 Å². The van der Waals surface area contributed by atoms with Crippen molar-refractivity contribution in [2.24, 2.45) is 0 Å². The molecule has 172 valence electrons. The summed E-state index contributed by atoms with van der Waals surface area (Å²) < 4.78 is 27.7. The number of sulfonamides is 1. The predicted molar refractivity (Wildman–Crippen MR) is 127 cm³/mol. The Morgan fingerprint density at radius 2 is 1.72 bits per heavy atom. The molecule has 1 fully saturated rings. The van der Waals surface area contributed by atoms with E-state index in [1.165, 1.54) is 34.6 Å². The Balaban J connectivity index is 1.58. The molecular weight excluding hydrogens is 426 g/mol. The van der Waals surface area contributed by atoms with Crippen LogP contribution in [-0.4, -0.2) is 75.5 Å². The fourth-order valence-electron chi connectivity index (χ4n) is 3.67. The predicted octanol–water partition coefficient (Wildman–Crippen LogP) is 2.79. The Morgan fingerprint density at radius 1 is 1.06 bits per heavy atom. The van der Waals surface area contributed by atoms with E-state index in [4.69, 9.17) is 5.11 Å². The van der Waals surface area contributed by atoms with Gasteiger partial charge >= 0.3 is 5.97 Å². The minimum Gasteiger partial charge on any atom is -0.478 e. The molecule has 2 aromatic rings. The lowest BCUT2D eigenvalue weighted by atomic mass is 10.1. The summed E-state index contributed by atoms with van der Waals surface area (Å²) in [5, 5.41) is 9.05. The number of nitrogens with zero attached hydrogens (tertiary/aromatic N) is 3. The highest BCUT2D eigenvalue weighted by Crippen LogP contribution is 2.20. The van der Waals surface area contributed by atoms with Crippen LogP contribution in [0.3, 0.4) is 0 Å². The second-order valence-electron chi connectivity index (χ2n) is 8.26. The molecule has 1 N–H and O–H groups in total. The summed E-state index contributed by atoms with van der Waals surface area (Å²) in [5.74, 6) is -1.02. The van der Waals surface area contributed by atoms with Crippen molar-refractivity contribution in [2.45, 2.75) is 18.2 Å². The smallest absolute Gasteiger partial charge is 0.331 e. The number of carboxylic acid groups (broad SMARTS) is 1. The third-order valence-corrected chi connectivity index (χ3v) is 7.61. The zero-order valence-corrected chi connectivity index (χ0v) is 19.7. The Labute approximate surface area is 190 Å². The molecule has 0 aliphatic carbocycles. The van der Waals surface area contributed by atoms with Crippen LogP contribution in [-0.2, 0) is 21.2 Å². The molecule has 1 aliphatic rings. The van der Waals surface area contributed by atoms with Crippen molar-refractivity contribution < 1.29 is 18.3 Å². The SMILES string of the molecule is CC(=Cc1cccc(S(=O)(=O)N2CCN(CCc3ccc(N(C)C)cc3)CC2)c1)C(=O)O. The van der Waals surface area contributed by atoms with Gasteiger partial charge in [0.25, 0.3) is 0 Å². The number of carboxylic acids is 1. The summed E-state index contributed by atoms with van der Waals surface area (Å²) in [6, 6.07) is 15.0. The molecule has 0 atom stereocenters. The van der Waals surface area contributed by atoms with E-state index < -0.39 is 16.0 Å². The van der Waals surface area contributed by atoms with E-state index in [0.717, 1.165) is 13.0 Å². The summed E-state index contributed by atoms with van der Waals surface area (Å²) >= 11 is 0. The molecular formula is C24H31N3O4S. The third kappa shape index (κ3) is 5.97. The first-order valence-corrected chi connectivity index (χ1v) is 12.1. The van der Waals surface area contributed by atoms with Crippen molar-refractivity contribution in [1.29, 1.82) is 0 Å². The first kappa shape index (κ1) is 24.0. The largest absolute Gasteiger partial charge is 0.478 e. The van der Waals surface area contributed by atoms with Crippen molar-refractivity contribution in [3.05, 3.63) is 65.2 Å². The van der Waals surface area contributed by atoms with Crippen LogP contribution in [0, 0.1) is 0 Å². The molecule has 0 amide bonds. The van der Waals surface area contributed by atoms with Crippen LogP contribution in [0.4, 0.5) is 5.69 Å². The summed E-state index contributed by atoms with van der Waals surface area (Å²) in [6.07, 6.45) is 2.40. The second-order valence-corrected chi connectivity index (χ2v) is 10.2. The van der Waals surface area contributed by atoms with Gasteiger partial charge in [0, 0.05) is 58.1 Å². The van der Waals surface area contributed by atoms with Gasteiger partial charge in [-0.15, -0.1) is 0 Å². The summed E-state index contributed by atoms with van der Waals surface area (Å²) in [7, 11) is 0.422. The van der Waals surface area contributed by atoms with Crippen LogP contribution < -0.4 is 4.90 Å². The van der Waals surface area contributed by atoms with Crippen molar-refractivity contribution in [1.82, 2.24) is 9.21 Å². The lowest BCUT2D eigenvalue weighted by Crippen LogP contribution is -2.49. The topological polar surface area (TPSA) is 81.2 Å². The van der Waals surface area contributed by atoms with Crippen molar-refractivity contribution >= 4 is 27.8 Å². The van der Waals surface area contributed by atoms with Gasteiger partial charge in [0.15, 0.2) is 0 Å². The highest BCUT2D eigenvalue weighted by molar-refractivity contribution is 7.89. The average molecular weight is 458 g/mol. The molecule has 0 radical (unpaired) electrons. The fraction of sp³-hybridized carbons (Fsp3) is 0.375. The van der Waals surface area contributed by atoms with Crippen LogP contribution in [0.2, 0.25) is 0 Å². The van der Waals surface area contributed by atoms with Crippen LogP contribution in [0.5, 0.6) is 0 Å². The number of benzene rings is 2. The summed E-state index contributed by atoms with van der Waals surface area (Å²) in [6.45, 7) is 4.63. The van der Waals surface area contributed by atoms with E-state index >= 15 is 0 Å². The number of anilines is 1. The molecule has 0 aromatic heterocycles. The molecule has 7 nitrogen and oxygen atoms in total. The van der Waals surface area contributed by atoms with Gasteiger partial charge in [-0.2, -0.15) is 4.31 Å². The number of carbonyl (C=O) groups is 1. The fourth-order valence-corrected chi connectivity index (χ4v) is 5.14. The van der Waals surface area contributed by atoms with E-state index in [0.29, 0.717) is 31.7 Å². The molecule has 1 aliphatic heterocycles. The maximum atomic E-state index is 13.1. The molecule has 3 rings (SSSR count). The van der Waals surface area contributed by atoms with Gasteiger partial charge in [0.2, 0.25) is 10.0 Å². The van der Waals surface area contributed by atoms with Gasteiger partial charge in [-0.05, 0) is 54.8 Å². The molecule has 32 heavy (non-hydrogen) atoms. The van der Waals surface area contributed by atoms with E-state index in [1.807, 2.05) is 14.1 Å². The van der Waals surface area contributed by atoms with Crippen LogP contribution in [0.1, 0.15) is 18.1 Å². The van der Waals surface area contributed by atoms with Crippen LogP contribution in [0.25, 0.3) is 6.08 Å². The lowest BCUT2D eigenvalue weighted by Gasteiger charge is -2.34. The molecule has 1 saturated heterocycles. The normalized spacial score (nSPS) is 16.2. The standard InChI is InChI=1S/C24H31N3O4S/c1-19(24(28)29)17-21-5-4-6-23(18-21)32(30,31)27-15-13-26(14-16-27)12-11-20-7-9-22(10-8-20)25(2)3/h4-10,17-18H,11-16H2,1-3H3,(H,28,29). The molecule has 8 heteroatoms. The van der Waals surface area contributed by atoms with E-state index in [-0.39, 0.29) is 10.5 Å². The highest BCUT2D eigenvalue weighted by atomic mass is 32.2. The quantitative estimate of drug-likeness (QED) is 0.614. The molecule has 1 heterocycles. The van der Waals surface area contributed by atoms with E-state index in [2.05, 4.69) is 34.1 Å². The first-order chi connectivity index (χ1) is 15.2. The van der Waals surface area contributed by atoms with Gasteiger partial charge in [-0.3, -0.25) is 0 Å². The summed E-state index contributed by atoms with van der Waals surface area (Å²) in [5.41, 5.74) is 3.16. The van der Waals surface area contributed by atoms with Crippen molar-refractivity contribution in [2.75, 3.05) is 51.7 Å². The van der Waals surface area contributed by atoms with Crippen molar-refractivity contribution in [3.63, 3.8) is 0 Å². The maximum Gasteiger partial charge on any atom is 0.331 e. The first-order valence-electron chi connectivity index (χ1n) is 10.7. The zero-order chi connectivity index (χ0) is 23.3. The van der Waals surface area contributed by atoms with E-state index in [9.17, 15) is 13.2 Å². The molecule has 0 spiro atoms. The Morgan fingerprint density at radius 3 is 2.31 bits per heavy atom. The number of hydrogen-bond acceptors (Lipinski definition) is 5. The summed E-state index contributed by atoms with van der Waals surface area (Å²) in [4.78, 5) is 15.6. The minimum absolute atomic E-state index is 0.157. The van der Waals surface area contributed by atoms with Gasteiger partial charge < -0.3 is 14.9 Å². The average Bonchev–Trinajstić information content (AvgIpc) is 2.78. The van der Waals surface area contributed by atoms with E-state index in [1.54, 1.807) is 18.2 Å². The number of hydrogen-bond donors (Lipinski definition) is 1. The number of aliphatic carboxylic acids is 1. The highest BCUT2D eigenvalue weighted by Gasteiger charge is 2.28. The van der Waals surface area contributed by atoms with Gasteiger partial charge in [0.1, 0.15) is 0 Å². The molecule has 2 aromatic carbocycles. The Bertz CT molecular complexity index is 1070. The molecule has 0 saturated carbocycles.